The van der Waals surface area contributed by atoms with Crippen molar-refractivity contribution in [2.24, 2.45) is 0 Å². The molecule has 2 rings (SSSR count). The Morgan fingerprint density at radius 3 is 2.74 bits per heavy atom. The van der Waals surface area contributed by atoms with Gasteiger partial charge in [-0.25, -0.2) is 14.6 Å². The molecule has 1 aliphatic rings. The number of anilines is 1. The van der Waals surface area contributed by atoms with Gasteiger partial charge in [-0.05, 0) is 25.0 Å². The Morgan fingerprint density at radius 1 is 1.35 bits per heavy atom. The maximum Gasteiger partial charge on any atom is 0.340 e. The number of nitrogens with one attached hydrogen (secondary N) is 3. The van der Waals surface area contributed by atoms with Gasteiger partial charge in [-0.15, -0.1) is 6.58 Å². The van der Waals surface area contributed by atoms with E-state index < -0.39 is 24.5 Å². The quantitative estimate of drug-likeness (QED) is 0.507. The van der Waals surface area contributed by atoms with E-state index in [-0.39, 0.29) is 12.1 Å². The minimum absolute atomic E-state index is 0.228. The third-order valence-electron chi connectivity index (χ3n) is 2.92. The van der Waals surface area contributed by atoms with Crippen LogP contribution in [0.1, 0.15) is 23.2 Å². The Morgan fingerprint density at radius 2 is 2.13 bits per heavy atom. The number of hydrogen-bond donors (Lipinski definition) is 3. The highest BCUT2D eigenvalue weighted by Crippen LogP contribution is 2.23. The average Bonchev–Trinajstić information content (AvgIpc) is 3.35. The van der Waals surface area contributed by atoms with Crippen LogP contribution in [0.4, 0.5) is 10.6 Å². The van der Waals surface area contributed by atoms with Crippen molar-refractivity contribution < 1.29 is 19.1 Å². The molecule has 1 heterocycles. The topological polar surface area (TPSA) is 109 Å². The smallest absolute Gasteiger partial charge is 0.340 e. The van der Waals surface area contributed by atoms with Crippen LogP contribution in [0.15, 0.2) is 31.0 Å². The number of imide groups is 1. The van der Waals surface area contributed by atoms with Crippen molar-refractivity contribution in [2.75, 3.05) is 18.5 Å². The molecule has 8 heteroatoms. The first-order valence-corrected chi connectivity index (χ1v) is 7.17. The Balaban J connectivity index is 1.73. The summed E-state index contributed by atoms with van der Waals surface area (Å²) in [6.07, 6.45) is 5.10. The summed E-state index contributed by atoms with van der Waals surface area (Å²) in [7, 11) is 0. The molecule has 0 unspecified atom stereocenters. The van der Waals surface area contributed by atoms with Crippen molar-refractivity contribution >= 4 is 23.7 Å². The lowest BCUT2D eigenvalue weighted by Gasteiger charge is -2.07. The van der Waals surface area contributed by atoms with Gasteiger partial charge in [0.15, 0.2) is 6.61 Å². The van der Waals surface area contributed by atoms with Crippen molar-refractivity contribution in [3.63, 3.8) is 0 Å². The van der Waals surface area contributed by atoms with E-state index in [9.17, 15) is 14.4 Å². The third kappa shape index (κ3) is 5.77. The minimum Gasteiger partial charge on any atom is -0.452 e. The highest BCUT2D eigenvalue weighted by Gasteiger charge is 2.21. The molecule has 8 nitrogen and oxygen atoms in total. The largest absolute Gasteiger partial charge is 0.452 e. The van der Waals surface area contributed by atoms with Gasteiger partial charge >= 0.3 is 12.0 Å². The molecule has 0 aliphatic heterocycles. The lowest BCUT2D eigenvalue weighted by atomic mass is 10.3. The van der Waals surface area contributed by atoms with Crippen molar-refractivity contribution in [3.8, 4) is 0 Å². The summed E-state index contributed by atoms with van der Waals surface area (Å²) in [6, 6.07) is 3.03. The van der Waals surface area contributed by atoms with Gasteiger partial charge in [0.1, 0.15) is 5.82 Å². The molecule has 0 bridgehead atoms. The highest BCUT2D eigenvalue weighted by molar-refractivity contribution is 5.97. The van der Waals surface area contributed by atoms with Gasteiger partial charge in [-0.3, -0.25) is 10.1 Å². The van der Waals surface area contributed by atoms with E-state index in [1.165, 1.54) is 12.3 Å². The fourth-order valence-corrected chi connectivity index (χ4v) is 1.62. The summed E-state index contributed by atoms with van der Waals surface area (Å²) in [5.41, 5.74) is 0.232. The van der Waals surface area contributed by atoms with Gasteiger partial charge in [0.05, 0.1) is 5.56 Å². The fourth-order valence-electron chi connectivity index (χ4n) is 1.62. The van der Waals surface area contributed by atoms with Crippen molar-refractivity contribution in [1.82, 2.24) is 15.6 Å². The summed E-state index contributed by atoms with van der Waals surface area (Å²) in [5.74, 6) is -0.710. The van der Waals surface area contributed by atoms with Gasteiger partial charge < -0.3 is 15.4 Å². The molecule has 0 aromatic carbocycles. The zero-order valence-corrected chi connectivity index (χ0v) is 12.5. The molecular formula is C15H18N4O4. The Labute approximate surface area is 133 Å². The second kappa shape index (κ2) is 7.92. The summed E-state index contributed by atoms with van der Waals surface area (Å²) >= 11 is 0. The summed E-state index contributed by atoms with van der Waals surface area (Å²) in [4.78, 5) is 38.5. The number of ether oxygens (including phenoxy) is 1. The maximum absolute atomic E-state index is 11.8. The molecule has 1 aromatic heterocycles. The monoisotopic (exact) mass is 318 g/mol. The Bertz CT molecular complexity index is 596. The first-order valence-electron chi connectivity index (χ1n) is 7.17. The summed E-state index contributed by atoms with van der Waals surface area (Å²) in [6.45, 7) is 3.10. The third-order valence-corrected chi connectivity index (χ3v) is 2.92. The number of urea groups is 1. The number of esters is 1. The van der Waals surface area contributed by atoms with E-state index in [1.54, 1.807) is 12.1 Å². The number of carbonyl (C=O) groups excluding carboxylic acids is 3. The van der Waals surface area contributed by atoms with Crippen LogP contribution in [0.3, 0.4) is 0 Å². The molecule has 1 aromatic rings. The first-order chi connectivity index (χ1) is 11.1. The summed E-state index contributed by atoms with van der Waals surface area (Å²) in [5, 5.41) is 7.57. The number of rotatable bonds is 7. The highest BCUT2D eigenvalue weighted by atomic mass is 16.5. The van der Waals surface area contributed by atoms with Gasteiger partial charge in [-0.2, -0.15) is 0 Å². The number of amides is 3. The number of aromatic nitrogens is 1. The second-order valence-electron chi connectivity index (χ2n) is 4.97. The molecular weight excluding hydrogens is 300 g/mol. The van der Waals surface area contributed by atoms with Crippen molar-refractivity contribution in [2.45, 2.75) is 18.9 Å². The van der Waals surface area contributed by atoms with Crippen LogP contribution in [0.2, 0.25) is 0 Å². The van der Waals surface area contributed by atoms with Crippen LogP contribution in [0.25, 0.3) is 0 Å². The number of carbonyl (C=O) groups is 3. The maximum atomic E-state index is 11.8. The van der Waals surface area contributed by atoms with Crippen LogP contribution in [0.5, 0.6) is 0 Å². The van der Waals surface area contributed by atoms with Crippen LogP contribution in [-0.4, -0.2) is 42.1 Å². The molecule has 0 spiro atoms. The van der Waals surface area contributed by atoms with E-state index >= 15 is 0 Å². The zero-order valence-electron chi connectivity index (χ0n) is 12.5. The Kier molecular flexibility index (Phi) is 5.67. The van der Waals surface area contributed by atoms with Gasteiger partial charge in [0.2, 0.25) is 0 Å². The van der Waals surface area contributed by atoms with Crippen LogP contribution in [0, 0.1) is 0 Å². The van der Waals surface area contributed by atoms with E-state index in [2.05, 4.69) is 22.2 Å². The van der Waals surface area contributed by atoms with Crippen LogP contribution < -0.4 is 16.0 Å². The normalized spacial score (nSPS) is 12.9. The lowest BCUT2D eigenvalue weighted by Crippen LogP contribution is -2.41. The van der Waals surface area contributed by atoms with E-state index in [4.69, 9.17) is 4.74 Å². The molecule has 1 saturated carbocycles. The van der Waals surface area contributed by atoms with Crippen molar-refractivity contribution in [3.05, 3.63) is 36.5 Å². The van der Waals surface area contributed by atoms with E-state index in [0.717, 1.165) is 12.8 Å². The average molecular weight is 318 g/mol. The Hall–Kier alpha value is -2.90. The van der Waals surface area contributed by atoms with E-state index in [1.807, 2.05) is 5.32 Å². The molecule has 1 aliphatic carbocycles. The zero-order chi connectivity index (χ0) is 16.7. The molecule has 0 atom stereocenters. The molecule has 122 valence electrons. The first kappa shape index (κ1) is 16.5. The molecule has 0 radical (unpaired) electrons. The molecule has 1 fully saturated rings. The minimum atomic E-state index is -0.722. The SMILES string of the molecule is C=CCNC(=O)NC(=O)COC(=O)c1ccc(NC2CC2)nc1. The molecule has 3 amide bonds. The molecule has 23 heavy (non-hydrogen) atoms. The predicted molar refractivity (Wildman–Crippen MR) is 82.9 cm³/mol. The van der Waals surface area contributed by atoms with Crippen molar-refractivity contribution in [1.29, 1.82) is 0 Å². The van der Waals surface area contributed by atoms with Gasteiger partial charge in [0.25, 0.3) is 5.91 Å². The number of nitrogens with zero attached hydrogens (tertiary/aromatic N) is 1. The standard InChI is InChI=1S/C15H18N4O4/c1-2-7-16-15(22)19-13(20)9-23-14(21)10-3-6-12(17-8-10)18-11-4-5-11/h2-3,6,8,11H,1,4-5,7,9H2,(H,17,18)(H2,16,19,20,22). The van der Waals surface area contributed by atoms with E-state index in [0.29, 0.717) is 11.9 Å². The van der Waals surface area contributed by atoms with Crippen LogP contribution >= 0.6 is 0 Å². The predicted octanol–water partition coefficient (Wildman–Crippen LogP) is 0.824. The molecule has 3 N–H and O–H groups in total. The lowest BCUT2D eigenvalue weighted by molar-refractivity contribution is -0.123. The van der Waals surface area contributed by atoms with Gasteiger partial charge in [-0.1, -0.05) is 6.08 Å². The fraction of sp³-hybridized carbons (Fsp3) is 0.333. The van der Waals surface area contributed by atoms with Gasteiger partial charge in [0, 0.05) is 18.8 Å². The number of pyridine rings is 1. The summed E-state index contributed by atoms with van der Waals surface area (Å²) < 4.78 is 4.82. The second-order valence-corrected chi connectivity index (χ2v) is 4.97. The van der Waals surface area contributed by atoms with Crippen LogP contribution in [-0.2, 0) is 9.53 Å². The molecule has 0 saturated heterocycles. The number of hydrogen-bond acceptors (Lipinski definition) is 6.